The largest absolute Gasteiger partial charge is 0.493 e. The van der Waals surface area contributed by atoms with Crippen molar-refractivity contribution < 1.29 is 4.74 Å². The summed E-state index contributed by atoms with van der Waals surface area (Å²) in [5.41, 5.74) is 2.54. The van der Waals surface area contributed by atoms with Crippen LogP contribution in [-0.4, -0.2) is 12.6 Å². The molecule has 0 spiro atoms. The van der Waals surface area contributed by atoms with Crippen LogP contribution in [0.3, 0.4) is 0 Å². The maximum absolute atomic E-state index is 5.99. The Morgan fingerprint density at radius 3 is 2.67 bits per heavy atom. The standard InChI is InChI=1S/C18H20BrNO/c19-16-6-9-18(15(12-16)13-20-17-7-8-17)21-11-10-14-4-2-1-3-5-14/h1-6,9,12,17,20H,7-8,10-11,13H2. The zero-order chi connectivity index (χ0) is 14.5. The fourth-order valence-corrected chi connectivity index (χ4v) is 2.70. The Balaban J connectivity index is 1.58. The van der Waals surface area contributed by atoms with E-state index in [1.54, 1.807) is 0 Å². The lowest BCUT2D eigenvalue weighted by Gasteiger charge is -2.13. The fourth-order valence-electron chi connectivity index (χ4n) is 2.29. The second-order valence-electron chi connectivity index (χ2n) is 5.49. The summed E-state index contributed by atoms with van der Waals surface area (Å²) in [6, 6.07) is 17.4. The van der Waals surface area contributed by atoms with Crippen LogP contribution in [0.15, 0.2) is 53.0 Å². The zero-order valence-electron chi connectivity index (χ0n) is 12.0. The van der Waals surface area contributed by atoms with Gasteiger partial charge in [0, 0.05) is 29.0 Å². The van der Waals surface area contributed by atoms with Crippen LogP contribution in [0, 0.1) is 0 Å². The van der Waals surface area contributed by atoms with E-state index in [1.807, 2.05) is 12.1 Å². The molecule has 0 saturated heterocycles. The van der Waals surface area contributed by atoms with E-state index in [4.69, 9.17) is 4.74 Å². The fraction of sp³-hybridized carbons (Fsp3) is 0.333. The number of ether oxygens (including phenoxy) is 1. The van der Waals surface area contributed by atoms with Crippen molar-refractivity contribution in [1.29, 1.82) is 0 Å². The van der Waals surface area contributed by atoms with Gasteiger partial charge in [-0.25, -0.2) is 0 Å². The average molecular weight is 346 g/mol. The number of rotatable bonds is 7. The quantitative estimate of drug-likeness (QED) is 0.806. The van der Waals surface area contributed by atoms with E-state index < -0.39 is 0 Å². The summed E-state index contributed by atoms with van der Waals surface area (Å²) in [6.45, 7) is 1.59. The molecule has 1 fully saturated rings. The van der Waals surface area contributed by atoms with Gasteiger partial charge in [0.1, 0.15) is 5.75 Å². The monoisotopic (exact) mass is 345 g/mol. The lowest BCUT2D eigenvalue weighted by molar-refractivity contribution is 0.317. The first-order chi connectivity index (χ1) is 10.3. The molecular weight excluding hydrogens is 326 g/mol. The summed E-state index contributed by atoms with van der Waals surface area (Å²) in [6.07, 6.45) is 3.54. The number of nitrogens with one attached hydrogen (secondary N) is 1. The van der Waals surface area contributed by atoms with Gasteiger partial charge in [0.05, 0.1) is 6.61 Å². The molecule has 0 heterocycles. The smallest absolute Gasteiger partial charge is 0.123 e. The molecule has 1 aliphatic rings. The second kappa shape index (κ2) is 7.10. The van der Waals surface area contributed by atoms with Crippen molar-refractivity contribution >= 4 is 15.9 Å². The van der Waals surface area contributed by atoms with Gasteiger partial charge in [0.2, 0.25) is 0 Å². The molecule has 0 radical (unpaired) electrons. The number of halogens is 1. The molecule has 1 N–H and O–H groups in total. The summed E-state index contributed by atoms with van der Waals surface area (Å²) in [7, 11) is 0. The third-order valence-corrected chi connectivity index (χ3v) is 4.17. The van der Waals surface area contributed by atoms with Crippen LogP contribution in [-0.2, 0) is 13.0 Å². The minimum atomic E-state index is 0.709. The normalized spacial score (nSPS) is 14.1. The minimum Gasteiger partial charge on any atom is -0.493 e. The lowest BCUT2D eigenvalue weighted by atomic mass is 10.1. The van der Waals surface area contributed by atoms with Gasteiger partial charge in [-0.05, 0) is 36.6 Å². The molecule has 1 saturated carbocycles. The Hall–Kier alpha value is -1.32. The van der Waals surface area contributed by atoms with Crippen LogP contribution < -0.4 is 10.1 Å². The molecule has 2 aromatic rings. The molecule has 2 aromatic carbocycles. The van der Waals surface area contributed by atoms with Crippen LogP contribution in [0.1, 0.15) is 24.0 Å². The molecule has 0 aliphatic heterocycles. The van der Waals surface area contributed by atoms with E-state index in [9.17, 15) is 0 Å². The highest BCUT2D eigenvalue weighted by Gasteiger charge is 2.20. The molecule has 0 amide bonds. The second-order valence-corrected chi connectivity index (χ2v) is 6.41. The van der Waals surface area contributed by atoms with Gasteiger partial charge in [-0.2, -0.15) is 0 Å². The molecule has 0 bridgehead atoms. The van der Waals surface area contributed by atoms with Crippen molar-refractivity contribution in [2.75, 3.05) is 6.61 Å². The first-order valence-corrected chi connectivity index (χ1v) is 8.29. The summed E-state index contributed by atoms with van der Waals surface area (Å²) in [5, 5.41) is 3.55. The molecule has 0 aromatic heterocycles. The topological polar surface area (TPSA) is 21.3 Å². The molecule has 21 heavy (non-hydrogen) atoms. The predicted molar refractivity (Wildman–Crippen MR) is 89.6 cm³/mol. The van der Waals surface area contributed by atoms with E-state index >= 15 is 0 Å². The Morgan fingerprint density at radius 1 is 1.10 bits per heavy atom. The van der Waals surface area contributed by atoms with Crippen LogP contribution in [0.2, 0.25) is 0 Å². The lowest BCUT2D eigenvalue weighted by Crippen LogP contribution is -2.16. The Kier molecular flexibility index (Phi) is 4.94. The first-order valence-electron chi connectivity index (χ1n) is 7.50. The third-order valence-electron chi connectivity index (χ3n) is 3.67. The predicted octanol–water partition coefficient (Wildman–Crippen LogP) is 4.32. The van der Waals surface area contributed by atoms with Gasteiger partial charge in [0.25, 0.3) is 0 Å². The van der Waals surface area contributed by atoms with Crippen molar-refractivity contribution in [1.82, 2.24) is 5.32 Å². The number of benzene rings is 2. The molecule has 3 heteroatoms. The molecule has 3 rings (SSSR count). The van der Waals surface area contributed by atoms with Crippen molar-refractivity contribution in [2.24, 2.45) is 0 Å². The van der Waals surface area contributed by atoms with Gasteiger partial charge in [0.15, 0.2) is 0 Å². The van der Waals surface area contributed by atoms with Crippen molar-refractivity contribution in [3.8, 4) is 5.75 Å². The third kappa shape index (κ3) is 4.58. The van der Waals surface area contributed by atoms with Crippen LogP contribution >= 0.6 is 15.9 Å². The van der Waals surface area contributed by atoms with Crippen LogP contribution in [0.4, 0.5) is 0 Å². The van der Waals surface area contributed by atoms with Crippen LogP contribution in [0.5, 0.6) is 5.75 Å². The van der Waals surface area contributed by atoms with Crippen molar-refractivity contribution in [2.45, 2.75) is 31.8 Å². The van der Waals surface area contributed by atoms with Crippen molar-refractivity contribution in [3.05, 3.63) is 64.1 Å². The molecule has 0 atom stereocenters. The maximum Gasteiger partial charge on any atom is 0.123 e. The summed E-state index contributed by atoms with van der Waals surface area (Å²) < 4.78 is 7.09. The van der Waals surface area contributed by atoms with Gasteiger partial charge < -0.3 is 10.1 Å². The highest BCUT2D eigenvalue weighted by Crippen LogP contribution is 2.25. The Labute approximate surface area is 134 Å². The molecule has 0 unspecified atom stereocenters. The Bertz CT molecular complexity index is 581. The van der Waals surface area contributed by atoms with Gasteiger partial charge in [-0.15, -0.1) is 0 Å². The van der Waals surface area contributed by atoms with E-state index in [0.717, 1.165) is 23.2 Å². The maximum atomic E-state index is 5.99. The molecule has 2 nitrogen and oxygen atoms in total. The van der Waals surface area contributed by atoms with E-state index in [0.29, 0.717) is 12.6 Å². The van der Waals surface area contributed by atoms with Gasteiger partial charge >= 0.3 is 0 Å². The summed E-state index contributed by atoms with van der Waals surface area (Å²) in [4.78, 5) is 0. The summed E-state index contributed by atoms with van der Waals surface area (Å²) in [5.74, 6) is 0.988. The van der Waals surface area contributed by atoms with Gasteiger partial charge in [-0.3, -0.25) is 0 Å². The average Bonchev–Trinajstić information content (AvgIpc) is 3.32. The first kappa shape index (κ1) is 14.6. The Morgan fingerprint density at radius 2 is 1.90 bits per heavy atom. The number of hydrogen-bond donors (Lipinski definition) is 1. The zero-order valence-corrected chi connectivity index (χ0v) is 13.6. The highest BCUT2D eigenvalue weighted by molar-refractivity contribution is 9.10. The van der Waals surface area contributed by atoms with E-state index in [2.05, 4.69) is 57.6 Å². The van der Waals surface area contributed by atoms with E-state index in [1.165, 1.54) is 24.0 Å². The molecule has 110 valence electrons. The number of hydrogen-bond acceptors (Lipinski definition) is 2. The van der Waals surface area contributed by atoms with E-state index in [-0.39, 0.29) is 0 Å². The SMILES string of the molecule is Brc1ccc(OCCc2ccccc2)c(CNC2CC2)c1. The van der Waals surface area contributed by atoms with Crippen LogP contribution in [0.25, 0.3) is 0 Å². The van der Waals surface area contributed by atoms with Gasteiger partial charge in [-0.1, -0.05) is 46.3 Å². The van der Waals surface area contributed by atoms with Crippen molar-refractivity contribution in [3.63, 3.8) is 0 Å². The molecular formula is C18H20BrNO. The molecule has 1 aliphatic carbocycles. The summed E-state index contributed by atoms with van der Waals surface area (Å²) >= 11 is 3.54. The highest BCUT2D eigenvalue weighted by atomic mass is 79.9. The minimum absolute atomic E-state index is 0.709.